The number of aromatic amines is 1. The second-order valence-corrected chi connectivity index (χ2v) is 8.15. The van der Waals surface area contributed by atoms with Gasteiger partial charge in [-0.2, -0.15) is 17.4 Å². The predicted molar refractivity (Wildman–Crippen MR) is 96.8 cm³/mol. The Morgan fingerprint density at radius 3 is 2.92 bits per heavy atom. The van der Waals surface area contributed by atoms with E-state index in [0.29, 0.717) is 19.7 Å². The van der Waals surface area contributed by atoms with Gasteiger partial charge in [0, 0.05) is 36.8 Å². The number of piperidine rings is 1. The maximum atomic E-state index is 12.6. The first-order valence-corrected chi connectivity index (χ1v) is 9.85. The average molecular weight is 367 g/mol. The summed E-state index contributed by atoms with van der Waals surface area (Å²) in [4.78, 5) is 3.23. The number of hydrogen-bond acceptors (Lipinski definition) is 4. The fraction of sp³-hybridized carbons (Fsp3) is 0.529. The van der Waals surface area contributed by atoms with Gasteiger partial charge in [-0.05, 0) is 43.0 Å². The van der Waals surface area contributed by atoms with E-state index in [9.17, 15) is 8.42 Å². The van der Waals surface area contributed by atoms with Gasteiger partial charge < -0.3 is 14.5 Å². The van der Waals surface area contributed by atoms with Gasteiger partial charge in [0.05, 0.1) is 20.3 Å². The summed E-state index contributed by atoms with van der Waals surface area (Å²) in [5.41, 5.74) is 1.77. The minimum atomic E-state index is -3.50. The number of nitrogens with one attached hydrogen (secondary N) is 2. The van der Waals surface area contributed by atoms with Crippen molar-refractivity contribution < 1.29 is 17.9 Å². The minimum absolute atomic E-state index is 0.227. The van der Waals surface area contributed by atoms with Crippen LogP contribution in [0.4, 0.5) is 0 Å². The minimum Gasteiger partial charge on any atom is -0.497 e. The normalized spacial score (nSPS) is 19.4. The van der Waals surface area contributed by atoms with Crippen LogP contribution in [-0.2, 0) is 21.5 Å². The highest BCUT2D eigenvalue weighted by molar-refractivity contribution is 7.87. The van der Waals surface area contributed by atoms with Crippen molar-refractivity contribution in [3.63, 3.8) is 0 Å². The smallest absolute Gasteiger partial charge is 0.279 e. The van der Waals surface area contributed by atoms with Crippen molar-refractivity contribution in [3.8, 4) is 5.75 Å². The first-order chi connectivity index (χ1) is 12.0. The molecule has 8 heteroatoms. The molecule has 25 heavy (non-hydrogen) atoms. The van der Waals surface area contributed by atoms with Crippen LogP contribution in [-0.4, -0.2) is 51.6 Å². The monoisotopic (exact) mass is 367 g/mol. The zero-order chi connectivity index (χ0) is 17.9. The molecule has 7 nitrogen and oxygen atoms in total. The summed E-state index contributed by atoms with van der Waals surface area (Å²) in [6.07, 6.45) is 1.87. The number of fused-ring (bicyclic) bond motifs is 1. The maximum Gasteiger partial charge on any atom is 0.279 e. The second kappa shape index (κ2) is 7.74. The quantitative estimate of drug-likeness (QED) is 0.783. The molecular weight excluding hydrogens is 342 g/mol. The molecule has 0 amide bonds. The first kappa shape index (κ1) is 18.2. The van der Waals surface area contributed by atoms with E-state index in [1.165, 1.54) is 4.31 Å². The van der Waals surface area contributed by atoms with Crippen LogP contribution in [0.25, 0.3) is 10.9 Å². The van der Waals surface area contributed by atoms with E-state index in [2.05, 4.69) is 9.71 Å². The van der Waals surface area contributed by atoms with Crippen LogP contribution in [0.2, 0.25) is 0 Å². The maximum absolute atomic E-state index is 12.6. The predicted octanol–water partition coefficient (Wildman–Crippen LogP) is 1.87. The lowest BCUT2D eigenvalue weighted by Gasteiger charge is -2.31. The first-order valence-electron chi connectivity index (χ1n) is 8.41. The average Bonchev–Trinajstić information content (AvgIpc) is 3.02. The van der Waals surface area contributed by atoms with E-state index in [4.69, 9.17) is 9.47 Å². The van der Waals surface area contributed by atoms with Crippen molar-refractivity contribution in [2.45, 2.75) is 19.4 Å². The number of ether oxygens (including phenoxy) is 2. The van der Waals surface area contributed by atoms with Gasteiger partial charge in [-0.1, -0.05) is 0 Å². The number of methoxy groups -OCH3 is 2. The van der Waals surface area contributed by atoms with Crippen LogP contribution in [0.1, 0.15) is 18.5 Å². The SMILES string of the molecule is COC[C@@H]1CCCN(S(=O)(=O)NCc2cc3cc(OC)ccc3[nH]2)C1. The molecule has 1 atom stereocenters. The van der Waals surface area contributed by atoms with Gasteiger partial charge in [-0.3, -0.25) is 0 Å². The zero-order valence-electron chi connectivity index (χ0n) is 14.6. The third-order valence-corrected chi connectivity index (χ3v) is 6.07. The fourth-order valence-corrected chi connectivity index (χ4v) is 4.57. The number of benzene rings is 1. The van der Waals surface area contributed by atoms with E-state index in [1.54, 1.807) is 14.2 Å². The molecule has 2 heterocycles. The molecule has 0 spiro atoms. The van der Waals surface area contributed by atoms with Crippen molar-refractivity contribution in [1.82, 2.24) is 14.0 Å². The zero-order valence-corrected chi connectivity index (χ0v) is 15.4. The van der Waals surface area contributed by atoms with Crippen molar-refractivity contribution in [1.29, 1.82) is 0 Å². The van der Waals surface area contributed by atoms with Gasteiger partial charge in [-0.15, -0.1) is 0 Å². The Kier molecular flexibility index (Phi) is 5.63. The lowest BCUT2D eigenvalue weighted by atomic mass is 10.0. The Hall–Kier alpha value is -1.61. The largest absolute Gasteiger partial charge is 0.497 e. The van der Waals surface area contributed by atoms with Crippen LogP contribution in [0.5, 0.6) is 5.75 Å². The van der Waals surface area contributed by atoms with Gasteiger partial charge in [0.1, 0.15) is 5.75 Å². The van der Waals surface area contributed by atoms with E-state index >= 15 is 0 Å². The highest BCUT2D eigenvalue weighted by Crippen LogP contribution is 2.22. The molecule has 0 bridgehead atoms. The Bertz CT molecular complexity index is 816. The number of rotatable bonds is 7. The second-order valence-electron chi connectivity index (χ2n) is 6.40. The Balaban J connectivity index is 1.65. The van der Waals surface area contributed by atoms with Crippen LogP contribution in [0.15, 0.2) is 24.3 Å². The molecule has 2 aromatic rings. The van der Waals surface area contributed by atoms with Crippen molar-refractivity contribution >= 4 is 21.1 Å². The number of H-pyrrole nitrogens is 1. The van der Waals surface area contributed by atoms with Crippen molar-refractivity contribution in [3.05, 3.63) is 30.0 Å². The summed E-state index contributed by atoms with van der Waals surface area (Å²) in [7, 11) is -0.227. The van der Waals surface area contributed by atoms with E-state index in [1.807, 2.05) is 24.3 Å². The molecule has 0 radical (unpaired) electrons. The summed E-state index contributed by atoms with van der Waals surface area (Å²) < 4.78 is 39.7. The standard InChI is InChI=1S/C17H25N3O4S/c1-23-12-13-4-3-7-20(11-13)25(21,22)18-10-15-8-14-9-16(24-2)5-6-17(14)19-15/h5-6,8-9,13,18-19H,3-4,7,10-12H2,1-2H3/t13-/m1/s1. The molecule has 2 N–H and O–H groups in total. The summed E-state index contributed by atoms with van der Waals surface area (Å²) in [6.45, 7) is 1.88. The fourth-order valence-electron chi connectivity index (χ4n) is 3.27. The molecule has 3 rings (SSSR count). The topological polar surface area (TPSA) is 83.7 Å². The third-order valence-electron chi connectivity index (χ3n) is 4.55. The number of aromatic nitrogens is 1. The third kappa shape index (κ3) is 4.33. The molecule has 0 aliphatic carbocycles. The van der Waals surface area contributed by atoms with Gasteiger partial charge in [0.2, 0.25) is 0 Å². The highest BCUT2D eigenvalue weighted by Gasteiger charge is 2.28. The van der Waals surface area contributed by atoms with Crippen molar-refractivity contribution in [2.24, 2.45) is 5.92 Å². The Morgan fingerprint density at radius 1 is 1.32 bits per heavy atom. The van der Waals surface area contributed by atoms with Crippen LogP contribution in [0.3, 0.4) is 0 Å². The van der Waals surface area contributed by atoms with E-state index in [0.717, 1.165) is 35.2 Å². The molecule has 0 saturated carbocycles. The Labute approximate surface area is 148 Å². The highest BCUT2D eigenvalue weighted by atomic mass is 32.2. The van der Waals surface area contributed by atoms with Gasteiger partial charge in [0.15, 0.2) is 0 Å². The summed E-state index contributed by atoms with van der Waals surface area (Å²) in [5.74, 6) is 1.03. The lowest BCUT2D eigenvalue weighted by molar-refractivity contribution is 0.118. The van der Waals surface area contributed by atoms with Crippen LogP contribution >= 0.6 is 0 Å². The summed E-state index contributed by atoms with van der Waals surface area (Å²) >= 11 is 0. The molecule has 1 aromatic heterocycles. The molecular formula is C17H25N3O4S. The molecule has 1 fully saturated rings. The molecule has 1 aliphatic rings. The van der Waals surface area contributed by atoms with Crippen LogP contribution < -0.4 is 9.46 Å². The van der Waals surface area contributed by atoms with Gasteiger partial charge in [-0.25, -0.2) is 0 Å². The molecule has 0 unspecified atom stereocenters. The Morgan fingerprint density at radius 2 is 2.16 bits per heavy atom. The lowest BCUT2D eigenvalue weighted by Crippen LogP contribution is -2.46. The molecule has 1 aliphatic heterocycles. The molecule has 1 aromatic carbocycles. The molecule has 138 valence electrons. The number of hydrogen-bond donors (Lipinski definition) is 2. The van der Waals surface area contributed by atoms with E-state index in [-0.39, 0.29) is 12.5 Å². The van der Waals surface area contributed by atoms with Crippen LogP contribution in [0, 0.1) is 5.92 Å². The van der Waals surface area contributed by atoms with Gasteiger partial charge in [0.25, 0.3) is 10.2 Å². The summed E-state index contributed by atoms with van der Waals surface area (Å²) in [6, 6.07) is 7.65. The molecule has 1 saturated heterocycles. The van der Waals surface area contributed by atoms with Gasteiger partial charge >= 0.3 is 0 Å². The van der Waals surface area contributed by atoms with Crippen molar-refractivity contribution in [2.75, 3.05) is 33.9 Å². The van der Waals surface area contributed by atoms with E-state index < -0.39 is 10.2 Å². The summed E-state index contributed by atoms with van der Waals surface area (Å²) in [5, 5.41) is 0.992. The number of nitrogens with zero attached hydrogens (tertiary/aromatic N) is 1.